The molecule has 2 aromatic carbocycles. The van der Waals surface area contributed by atoms with Gasteiger partial charge in [0.15, 0.2) is 0 Å². The summed E-state index contributed by atoms with van der Waals surface area (Å²) in [7, 11) is 1.81. The Labute approximate surface area is 162 Å². The molecule has 3 rings (SSSR count). The van der Waals surface area contributed by atoms with Gasteiger partial charge in [0, 0.05) is 25.0 Å². The lowest BCUT2D eigenvalue weighted by Crippen LogP contribution is -2.46. The van der Waals surface area contributed by atoms with Gasteiger partial charge in [0.2, 0.25) is 5.91 Å². The van der Waals surface area contributed by atoms with Crippen molar-refractivity contribution >= 4 is 11.8 Å². The van der Waals surface area contributed by atoms with Gasteiger partial charge in [0.25, 0.3) is 5.91 Å². The Hall–Kier alpha value is -3.48. The van der Waals surface area contributed by atoms with Crippen LogP contribution in [0.1, 0.15) is 34.7 Å². The molecule has 7 heteroatoms. The third-order valence-electron chi connectivity index (χ3n) is 4.38. The molecular formula is C21H21FN4O2. The second-order valence-corrected chi connectivity index (χ2v) is 6.45. The summed E-state index contributed by atoms with van der Waals surface area (Å²) >= 11 is 0. The number of hydrogen-bond donors (Lipinski definition) is 2. The highest BCUT2D eigenvalue weighted by atomic mass is 19.1. The molecule has 2 atom stereocenters. The third kappa shape index (κ3) is 4.43. The predicted molar refractivity (Wildman–Crippen MR) is 103 cm³/mol. The summed E-state index contributed by atoms with van der Waals surface area (Å²) in [6.07, 6.45) is 3.39. The summed E-state index contributed by atoms with van der Waals surface area (Å²) in [5, 5.41) is 5.58. The molecule has 0 bridgehead atoms. The van der Waals surface area contributed by atoms with E-state index in [1.54, 1.807) is 60.3 Å². The van der Waals surface area contributed by atoms with Gasteiger partial charge in [-0.3, -0.25) is 9.59 Å². The van der Waals surface area contributed by atoms with E-state index in [0.29, 0.717) is 17.0 Å². The fourth-order valence-corrected chi connectivity index (χ4v) is 2.81. The molecule has 0 aliphatic rings. The second-order valence-electron chi connectivity index (χ2n) is 6.45. The highest BCUT2D eigenvalue weighted by molar-refractivity contribution is 5.97. The molecule has 0 saturated heterocycles. The van der Waals surface area contributed by atoms with E-state index < -0.39 is 12.1 Å². The number of aryl methyl sites for hydroxylation is 1. The Morgan fingerprint density at radius 3 is 2.32 bits per heavy atom. The number of amides is 2. The van der Waals surface area contributed by atoms with Gasteiger partial charge in [0.05, 0.1) is 0 Å². The first-order valence-electron chi connectivity index (χ1n) is 8.84. The molecule has 0 fully saturated rings. The lowest BCUT2D eigenvalue weighted by atomic mass is 10.1. The minimum absolute atomic E-state index is 0.335. The molecule has 2 N–H and O–H groups in total. The smallest absolute Gasteiger partial charge is 0.251 e. The monoisotopic (exact) mass is 380 g/mol. The van der Waals surface area contributed by atoms with Crippen molar-refractivity contribution in [3.05, 3.63) is 89.8 Å². The van der Waals surface area contributed by atoms with E-state index in [1.807, 2.05) is 13.1 Å². The van der Waals surface area contributed by atoms with Gasteiger partial charge in [0.1, 0.15) is 23.7 Å². The van der Waals surface area contributed by atoms with E-state index in [4.69, 9.17) is 0 Å². The van der Waals surface area contributed by atoms with Crippen LogP contribution in [0.2, 0.25) is 0 Å². The molecule has 3 aromatic rings. The van der Waals surface area contributed by atoms with Gasteiger partial charge < -0.3 is 15.2 Å². The lowest BCUT2D eigenvalue weighted by molar-refractivity contribution is -0.123. The maximum absolute atomic E-state index is 13.3. The molecule has 28 heavy (non-hydrogen) atoms. The van der Waals surface area contributed by atoms with Crippen LogP contribution in [0.25, 0.3) is 0 Å². The summed E-state index contributed by atoms with van der Waals surface area (Å²) in [5.41, 5.74) is 1.16. The van der Waals surface area contributed by atoms with Crippen molar-refractivity contribution in [3.8, 4) is 0 Å². The van der Waals surface area contributed by atoms with Crippen LogP contribution >= 0.6 is 0 Å². The molecule has 6 nitrogen and oxygen atoms in total. The minimum Gasteiger partial charge on any atom is -0.341 e. The SMILES string of the molecule is CC(NC(=O)c1ccccc1)C(=O)NC(c1ccc(F)cc1)c1nccn1C. The molecule has 2 unspecified atom stereocenters. The van der Waals surface area contributed by atoms with Crippen LogP contribution in [0.15, 0.2) is 67.0 Å². The van der Waals surface area contributed by atoms with Gasteiger partial charge in [-0.25, -0.2) is 9.37 Å². The van der Waals surface area contributed by atoms with E-state index in [2.05, 4.69) is 15.6 Å². The molecule has 1 aromatic heterocycles. The Kier molecular flexibility index (Phi) is 5.84. The largest absolute Gasteiger partial charge is 0.341 e. The number of imidazole rings is 1. The number of nitrogens with one attached hydrogen (secondary N) is 2. The maximum Gasteiger partial charge on any atom is 0.251 e. The van der Waals surface area contributed by atoms with Crippen LogP contribution in [0.3, 0.4) is 0 Å². The van der Waals surface area contributed by atoms with E-state index in [9.17, 15) is 14.0 Å². The van der Waals surface area contributed by atoms with Gasteiger partial charge >= 0.3 is 0 Å². The number of halogens is 1. The molecular weight excluding hydrogens is 359 g/mol. The summed E-state index contributed by atoms with van der Waals surface area (Å²) in [6, 6.07) is 13.2. The molecule has 0 spiro atoms. The highest BCUT2D eigenvalue weighted by Crippen LogP contribution is 2.21. The van der Waals surface area contributed by atoms with Crippen LogP contribution in [-0.2, 0) is 11.8 Å². The lowest BCUT2D eigenvalue weighted by Gasteiger charge is -2.22. The Balaban J connectivity index is 1.76. The summed E-state index contributed by atoms with van der Waals surface area (Å²) in [4.78, 5) is 29.3. The number of carbonyl (C=O) groups is 2. The first-order chi connectivity index (χ1) is 13.5. The van der Waals surface area contributed by atoms with Crippen molar-refractivity contribution in [2.75, 3.05) is 0 Å². The number of hydrogen-bond acceptors (Lipinski definition) is 3. The Morgan fingerprint density at radius 1 is 1.04 bits per heavy atom. The topological polar surface area (TPSA) is 76.0 Å². The van der Waals surface area contributed by atoms with Crippen molar-refractivity contribution in [3.63, 3.8) is 0 Å². The third-order valence-corrected chi connectivity index (χ3v) is 4.38. The van der Waals surface area contributed by atoms with Crippen LogP contribution < -0.4 is 10.6 Å². The minimum atomic E-state index is -0.768. The van der Waals surface area contributed by atoms with E-state index in [1.165, 1.54) is 12.1 Å². The van der Waals surface area contributed by atoms with Crippen molar-refractivity contribution in [1.29, 1.82) is 0 Å². The maximum atomic E-state index is 13.3. The Morgan fingerprint density at radius 2 is 1.71 bits per heavy atom. The zero-order valence-corrected chi connectivity index (χ0v) is 15.6. The number of carbonyl (C=O) groups excluding carboxylic acids is 2. The fraction of sp³-hybridized carbons (Fsp3) is 0.190. The summed E-state index contributed by atoms with van der Waals surface area (Å²) in [6.45, 7) is 1.61. The van der Waals surface area contributed by atoms with Crippen molar-refractivity contribution in [2.45, 2.75) is 19.0 Å². The summed E-state index contributed by atoms with van der Waals surface area (Å²) < 4.78 is 15.1. The van der Waals surface area contributed by atoms with E-state index in [-0.39, 0.29) is 17.6 Å². The van der Waals surface area contributed by atoms with Crippen molar-refractivity contribution in [1.82, 2.24) is 20.2 Å². The van der Waals surface area contributed by atoms with E-state index >= 15 is 0 Å². The average Bonchev–Trinajstić information content (AvgIpc) is 3.13. The molecule has 1 heterocycles. The van der Waals surface area contributed by atoms with Crippen LogP contribution in [0.4, 0.5) is 4.39 Å². The zero-order valence-electron chi connectivity index (χ0n) is 15.6. The Bertz CT molecular complexity index is 954. The summed E-state index contributed by atoms with van der Waals surface area (Å²) in [5.74, 6) is -0.473. The van der Waals surface area contributed by atoms with Crippen LogP contribution in [-0.4, -0.2) is 27.4 Å². The van der Waals surface area contributed by atoms with Gasteiger partial charge in [-0.05, 0) is 36.8 Å². The number of benzene rings is 2. The van der Waals surface area contributed by atoms with Crippen molar-refractivity contribution < 1.29 is 14.0 Å². The predicted octanol–water partition coefficient (Wildman–Crippen LogP) is 2.58. The van der Waals surface area contributed by atoms with Crippen molar-refractivity contribution in [2.24, 2.45) is 7.05 Å². The highest BCUT2D eigenvalue weighted by Gasteiger charge is 2.24. The quantitative estimate of drug-likeness (QED) is 0.690. The van der Waals surface area contributed by atoms with Gasteiger partial charge in [-0.1, -0.05) is 30.3 Å². The normalized spacial score (nSPS) is 12.8. The number of nitrogens with zero attached hydrogens (tertiary/aromatic N) is 2. The van der Waals surface area contributed by atoms with E-state index in [0.717, 1.165) is 0 Å². The van der Waals surface area contributed by atoms with Crippen LogP contribution in [0.5, 0.6) is 0 Å². The fourth-order valence-electron chi connectivity index (χ4n) is 2.81. The van der Waals surface area contributed by atoms with Gasteiger partial charge in [-0.2, -0.15) is 0 Å². The molecule has 0 radical (unpaired) electrons. The standard InChI is InChI=1S/C21H21FN4O2/c1-14(24-21(28)16-6-4-3-5-7-16)20(27)25-18(19-23-12-13-26(19)2)15-8-10-17(22)11-9-15/h3-14,18H,1-2H3,(H,24,28)(H,25,27). The average molecular weight is 380 g/mol. The van der Waals surface area contributed by atoms with Crippen LogP contribution in [0, 0.1) is 5.82 Å². The van der Waals surface area contributed by atoms with Gasteiger partial charge in [-0.15, -0.1) is 0 Å². The zero-order chi connectivity index (χ0) is 20.1. The first kappa shape index (κ1) is 19.3. The first-order valence-corrected chi connectivity index (χ1v) is 8.84. The number of aromatic nitrogens is 2. The molecule has 0 saturated carbocycles. The molecule has 0 aliphatic heterocycles. The molecule has 2 amide bonds. The molecule has 144 valence electrons. The number of rotatable bonds is 6. The molecule has 0 aliphatic carbocycles. The second kappa shape index (κ2) is 8.47.